The van der Waals surface area contributed by atoms with Crippen LogP contribution >= 0.6 is 11.3 Å². The Morgan fingerprint density at radius 3 is 2.84 bits per heavy atom. The topological polar surface area (TPSA) is 43.8 Å². The maximum absolute atomic E-state index is 6.05. The monoisotopic (exact) mass is 269 g/mol. The minimum absolute atomic E-state index is 0.729. The highest BCUT2D eigenvalue weighted by Crippen LogP contribution is 2.26. The van der Waals surface area contributed by atoms with Crippen molar-refractivity contribution in [2.24, 2.45) is 0 Å². The zero-order chi connectivity index (χ0) is 13.2. The van der Waals surface area contributed by atoms with E-state index in [9.17, 15) is 0 Å². The van der Waals surface area contributed by atoms with Gasteiger partial charge >= 0.3 is 0 Å². The number of thiophene rings is 1. The first-order valence-electron chi connectivity index (χ1n) is 6.14. The lowest BCUT2D eigenvalue weighted by Crippen LogP contribution is -2.01. The number of anilines is 1. The molecular weight excluding hydrogens is 254 g/mol. The third kappa shape index (κ3) is 2.39. The quantitative estimate of drug-likeness (QED) is 0.790. The number of nitrogens with zero attached hydrogens (tertiary/aromatic N) is 2. The fourth-order valence-corrected chi connectivity index (χ4v) is 2.74. The van der Waals surface area contributed by atoms with Crippen molar-refractivity contribution in [3.8, 4) is 11.3 Å². The molecule has 2 N–H and O–H groups in total. The number of aryl methyl sites for hydroxylation is 1. The van der Waals surface area contributed by atoms with Gasteiger partial charge in [0.15, 0.2) is 0 Å². The molecule has 0 fully saturated rings. The molecule has 19 heavy (non-hydrogen) atoms. The van der Waals surface area contributed by atoms with Gasteiger partial charge in [0.1, 0.15) is 5.69 Å². The standard InChI is InChI=1S/C15H15N3S/c1-11-4-2-3-5-12(11)8-18-9-14(16)15(17-18)13-6-7-19-10-13/h2-7,9-10H,8,16H2,1H3. The molecule has 3 aromatic rings. The molecule has 0 aliphatic heterocycles. The number of hydrogen-bond acceptors (Lipinski definition) is 3. The van der Waals surface area contributed by atoms with Gasteiger partial charge in [-0.05, 0) is 29.5 Å². The van der Waals surface area contributed by atoms with Crippen molar-refractivity contribution in [1.29, 1.82) is 0 Å². The Morgan fingerprint density at radius 1 is 1.26 bits per heavy atom. The van der Waals surface area contributed by atoms with E-state index in [0.717, 1.165) is 23.5 Å². The Morgan fingerprint density at radius 2 is 2.11 bits per heavy atom. The molecule has 4 heteroatoms. The average Bonchev–Trinajstić information content (AvgIpc) is 3.01. The molecule has 3 rings (SSSR count). The first kappa shape index (κ1) is 12.0. The number of aromatic nitrogens is 2. The number of benzene rings is 1. The molecule has 96 valence electrons. The normalized spacial score (nSPS) is 10.8. The summed E-state index contributed by atoms with van der Waals surface area (Å²) in [6.45, 7) is 2.86. The summed E-state index contributed by atoms with van der Waals surface area (Å²) < 4.78 is 1.91. The molecule has 0 aliphatic rings. The van der Waals surface area contributed by atoms with E-state index in [1.165, 1.54) is 11.1 Å². The van der Waals surface area contributed by atoms with Crippen molar-refractivity contribution < 1.29 is 0 Å². The first-order chi connectivity index (χ1) is 9.24. The van der Waals surface area contributed by atoms with Crippen molar-refractivity contribution in [3.05, 3.63) is 58.4 Å². The summed E-state index contributed by atoms with van der Waals surface area (Å²) in [7, 11) is 0. The fourth-order valence-electron chi connectivity index (χ4n) is 2.10. The molecule has 0 spiro atoms. The van der Waals surface area contributed by atoms with Crippen LogP contribution in [0, 0.1) is 6.92 Å². The number of hydrogen-bond donors (Lipinski definition) is 1. The molecule has 3 nitrogen and oxygen atoms in total. The molecule has 2 aromatic heterocycles. The molecular formula is C15H15N3S. The zero-order valence-electron chi connectivity index (χ0n) is 10.7. The van der Waals surface area contributed by atoms with Crippen LogP contribution in [0.4, 0.5) is 5.69 Å². The van der Waals surface area contributed by atoms with E-state index in [-0.39, 0.29) is 0 Å². The second-order valence-electron chi connectivity index (χ2n) is 4.57. The molecule has 0 unspecified atom stereocenters. The van der Waals surface area contributed by atoms with Crippen molar-refractivity contribution in [3.63, 3.8) is 0 Å². The van der Waals surface area contributed by atoms with E-state index in [2.05, 4.69) is 35.6 Å². The van der Waals surface area contributed by atoms with Crippen LogP contribution in [0.1, 0.15) is 11.1 Å². The van der Waals surface area contributed by atoms with Crippen molar-refractivity contribution in [2.75, 3.05) is 5.73 Å². The Bertz CT molecular complexity index is 683. The smallest absolute Gasteiger partial charge is 0.116 e. The summed E-state index contributed by atoms with van der Waals surface area (Å²) in [5.41, 5.74) is 11.3. The minimum atomic E-state index is 0.729. The third-order valence-corrected chi connectivity index (χ3v) is 3.86. The maximum atomic E-state index is 6.05. The summed E-state index contributed by atoms with van der Waals surface area (Å²) in [6, 6.07) is 10.4. The number of nitrogens with two attached hydrogens (primary N) is 1. The van der Waals surface area contributed by atoms with Crippen LogP contribution in [0.5, 0.6) is 0 Å². The van der Waals surface area contributed by atoms with Gasteiger partial charge in [-0.15, -0.1) is 0 Å². The van der Waals surface area contributed by atoms with E-state index < -0.39 is 0 Å². The van der Waals surface area contributed by atoms with E-state index >= 15 is 0 Å². The van der Waals surface area contributed by atoms with Crippen LogP contribution in [-0.2, 0) is 6.54 Å². The average molecular weight is 269 g/mol. The van der Waals surface area contributed by atoms with Crippen LogP contribution in [0.3, 0.4) is 0 Å². The van der Waals surface area contributed by atoms with Crippen LogP contribution in [0.15, 0.2) is 47.3 Å². The van der Waals surface area contributed by atoms with Gasteiger partial charge in [0.2, 0.25) is 0 Å². The molecule has 0 amide bonds. The van der Waals surface area contributed by atoms with E-state index in [1.54, 1.807) is 11.3 Å². The van der Waals surface area contributed by atoms with Crippen molar-refractivity contribution in [2.45, 2.75) is 13.5 Å². The highest BCUT2D eigenvalue weighted by molar-refractivity contribution is 7.08. The summed E-state index contributed by atoms with van der Waals surface area (Å²) in [5.74, 6) is 0. The van der Waals surface area contributed by atoms with Crippen molar-refractivity contribution in [1.82, 2.24) is 9.78 Å². The highest BCUT2D eigenvalue weighted by atomic mass is 32.1. The number of nitrogen functional groups attached to an aromatic ring is 1. The van der Waals surface area contributed by atoms with Gasteiger partial charge in [-0.1, -0.05) is 24.3 Å². The minimum Gasteiger partial charge on any atom is -0.396 e. The van der Waals surface area contributed by atoms with Gasteiger partial charge in [0.25, 0.3) is 0 Å². The van der Waals surface area contributed by atoms with Crippen LogP contribution in [0.25, 0.3) is 11.3 Å². The SMILES string of the molecule is Cc1ccccc1Cn1cc(N)c(-c2ccsc2)n1. The highest BCUT2D eigenvalue weighted by Gasteiger charge is 2.09. The predicted molar refractivity (Wildman–Crippen MR) is 80.2 cm³/mol. The summed E-state index contributed by atoms with van der Waals surface area (Å²) in [6.07, 6.45) is 1.90. The Labute approximate surface area is 116 Å². The van der Waals surface area contributed by atoms with E-state index in [4.69, 9.17) is 5.73 Å². The fraction of sp³-hybridized carbons (Fsp3) is 0.133. The Kier molecular flexibility index (Phi) is 3.09. The molecule has 0 saturated heterocycles. The Hall–Kier alpha value is -2.07. The third-order valence-electron chi connectivity index (χ3n) is 3.18. The molecule has 2 heterocycles. The molecule has 0 radical (unpaired) electrons. The summed E-state index contributed by atoms with van der Waals surface area (Å²) in [4.78, 5) is 0. The predicted octanol–water partition coefficient (Wildman–Crippen LogP) is 3.55. The molecule has 0 bridgehead atoms. The van der Waals surface area contributed by atoms with Crippen LogP contribution in [-0.4, -0.2) is 9.78 Å². The Balaban J connectivity index is 1.91. The summed E-state index contributed by atoms with van der Waals surface area (Å²) >= 11 is 1.65. The number of rotatable bonds is 3. The first-order valence-corrected chi connectivity index (χ1v) is 7.08. The van der Waals surface area contributed by atoms with Gasteiger partial charge in [-0.25, -0.2) is 0 Å². The van der Waals surface area contributed by atoms with Crippen LogP contribution in [0.2, 0.25) is 0 Å². The second kappa shape index (κ2) is 4.90. The summed E-state index contributed by atoms with van der Waals surface area (Å²) in [5, 5.41) is 8.69. The van der Waals surface area contributed by atoms with Gasteiger partial charge in [0, 0.05) is 17.1 Å². The second-order valence-corrected chi connectivity index (χ2v) is 5.35. The lowest BCUT2D eigenvalue weighted by Gasteiger charge is -2.05. The van der Waals surface area contributed by atoms with E-state index in [1.807, 2.05) is 28.4 Å². The van der Waals surface area contributed by atoms with Crippen molar-refractivity contribution >= 4 is 17.0 Å². The largest absolute Gasteiger partial charge is 0.396 e. The van der Waals surface area contributed by atoms with E-state index in [0.29, 0.717) is 0 Å². The molecule has 0 saturated carbocycles. The molecule has 1 aromatic carbocycles. The van der Waals surface area contributed by atoms with Crippen LogP contribution < -0.4 is 5.73 Å². The molecule has 0 aliphatic carbocycles. The van der Waals surface area contributed by atoms with Gasteiger partial charge in [-0.2, -0.15) is 16.4 Å². The van der Waals surface area contributed by atoms with Gasteiger partial charge in [-0.3, -0.25) is 4.68 Å². The van der Waals surface area contributed by atoms with Gasteiger partial charge in [0.05, 0.1) is 12.2 Å². The van der Waals surface area contributed by atoms with Gasteiger partial charge < -0.3 is 5.73 Å². The maximum Gasteiger partial charge on any atom is 0.116 e. The zero-order valence-corrected chi connectivity index (χ0v) is 11.5. The lowest BCUT2D eigenvalue weighted by atomic mass is 10.1. The molecule has 0 atom stereocenters. The lowest BCUT2D eigenvalue weighted by molar-refractivity contribution is 0.687.